The number of piperidine rings is 1. The molecule has 2 rings (SSSR count). The van der Waals surface area contributed by atoms with Crippen LogP contribution < -0.4 is 10.0 Å². The summed E-state index contributed by atoms with van der Waals surface area (Å²) in [5.41, 5.74) is 0. The maximum Gasteiger partial charge on any atom is 0.242 e. The second-order valence-electron chi connectivity index (χ2n) is 5.05. The molecule has 0 unspecified atom stereocenters. The average molecular weight is 333 g/mol. The highest BCUT2D eigenvalue weighted by molar-refractivity contribution is 7.89. The zero-order valence-corrected chi connectivity index (χ0v) is 13.7. The number of nitrogens with zero attached hydrogens (tertiary/aromatic N) is 2. The smallest absolute Gasteiger partial charge is 0.242 e. The molecule has 0 radical (unpaired) electrons. The minimum absolute atomic E-state index is 0.0881. The van der Waals surface area contributed by atoms with Gasteiger partial charge >= 0.3 is 0 Å². The second-order valence-corrected chi connectivity index (χ2v) is 7.23. The van der Waals surface area contributed by atoms with Gasteiger partial charge in [0, 0.05) is 26.3 Å². The van der Waals surface area contributed by atoms with Crippen LogP contribution in [0, 0.1) is 0 Å². The van der Waals surface area contributed by atoms with E-state index >= 15 is 0 Å². The summed E-state index contributed by atoms with van der Waals surface area (Å²) < 4.78 is 27.0. The summed E-state index contributed by atoms with van der Waals surface area (Å²) in [7, 11) is -1.88. The molecule has 1 aliphatic heterocycles. The zero-order chi connectivity index (χ0) is 15.3. The number of pyridine rings is 1. The summed E-state index contributed by atoms with van der Waals surface area (Å²) in [6, 6.07) is 1.41. The topological polar surface area (TPSA) is 74.3 Å². The van der Waals surface area contributed by atoms with Gasteiger partial charge in [-0.25, -0.2) is 18.1 Å². The Labute approximate surface area is 130 Å². The number of nitrogens with one attached hydrogen (secondary N) is 2. The van der Waals surface area contributed by atoms with E-state index in [9.17, 15) is 8.42 Å². The predicted octanol–water partition coefficient (Wildman–Crippen LogP) is 1.54. The molecular formula is C13H21ClN4O2S. The second kappa shape index (κ2) is 7.40. The Balaban J connectivity index is 1.93. The first kappa shape index (κ1) is 16.5. The molecule has 0 amide bonds. The number of hydrogen-bond acceptors (Lipinski definition) is 5. The van der Waals surface area contributed by atoms with Gasteiger partial charge in [-0.1, -0.05) is 18.0 Å². The Bertz CT molecular complexity index is 574. The Kier molecular flexibility index (Phi) is 5.80. The van der Waals surface area contributed by atoms with Gasteiger partial charge in [0.1, 0.15) is 10.7 Å². The van der Waals surface area contributed by atoms with Gasteiger partial charge in [0.25, 0.3) is 0 Å². The van der Waals surface area contributed by atoms with Crippen LogP contribution in [0.4, 0.5) is 5.82 Å². The molecule has 1 aromatic heterocycles. The molecular weight excluding hydrogens is 312 g/mol. The molecule has 0 aromatic carbocycles. The standard InChI is InChI=1S/C13H21ClN4O2S/c1-15-13-12(14)9-11(10-16-13)21(19,20)17-5-8-18-6-3-2-4-7-18/h9-10,17H,2-8H2,1H3,(H,15,16). The molecule has 2 N–H and O–H groups in total. The minimum Gasteiger partial charge on any atom is -0.372 e. The number of aromatic nitrogens is 1. The molecule has 0 atom stereocenters. The van der Waals surface area contributed by atoms with E-state index in [0.717, 1.165) is 19.6 Å². The molecule has 118 valence electrons. The van der Waals surface area contributed by atoms with Gasteiger partial charge in [-0.2, -0.15) is 0 Å². The van der Waals surface area contributed by atoms with Crippen molar-refractivity contribution in [2.75, 3.05) is 38.5 Å². The van der Waals surface area contributed by atoms with E-state index in [1.807, 2.05) is 0 Å². The van der Waals surface area contributed by atoms with Crippen molar-refractivity contribution < 1.29 is 8.42 Å². The van der Waals surface area contributed by atoms with Crippen molar-refractivity contribution in [2.45, 2.75) is 24.2 Å². The summed E-state index contributed by atoms with van der Waals surface area (Å²) in [6.07, 6.45) is 4.96. The molecule has 0 spiro atoms. The van der Waals surface area contributed by atoms with Gasteiger partial charge in [0.2, 0.25) is 10.0 Å². The van der Waals surface area contributed by atoms with Crippen molar-refractivity contribution in [3.8, 4) is 0 Å². The van der Waals surface area contributed by atoms with E-state index in [2.05, 4.69) is 19.9 Å². The van der Waals surface area contributed by atoms with E-state index in [0.29, 0.717) is 12.4 Å². The molecule has 0 saturated carbocycles. The monoisotopic (exact) mass is 332 g/mol. The first-order chi connectivity index (χ1) is 10.0. The number of rotatable bonds is 6. The van der Waals surface area contributed by atoms with Crippen molar-refractivity contribution in [1.29, 1.82) is 0 Å². The summed E-state index contributed by atoms with van der Waals surface area (Å²) in [4.78, 5) is 6.36. The van der Waals surface area contributed by atoms with Crippen LogP contribution in [-0.2, 0) is 10.0 Å². The fourth-order valence-corrected chi connectivity index (χ4v) is 3.67. The quantitative estimate of drug-likeness (QED) is 0.826. The number of sulfonamides is 1. The van der Waals surface area contributed by atoms with Crippen LogP contribution in [0.25, 0.3) is 0 Å². The van der Waals surface area contributed by atoms with E-state index < -0.39 is 10.0 Å². The Morgan fingerprint density at radius 1 is 1.33 bits per heavy atom. The average Bonchev–Trinajstić information content (AvgIpc) is 2.48. The molecule has 1 aliphatic rings. The van der Waals surface area contributed by atoms with E-state index in [4.69, 9.17) is 11.6 Å². The van der Waals surface area contributed by atoms with Crippen molar-refractivity contribution >= 4 is 27.4 Å². The van der Waals surface area contributed by atoms with Gasteiger partial charge in [-0.05, 0) is 32.0 Å². The Hall–Kier alpha value is -0.890. The summed E-state index contributed by atoms with van der Waals surface area (Å²) >= 11 is 5.97. The van der Waals surface area contributed by atoms with Crippen LogP contribution >= 0.6 is 11.6 Å². The largest absolute Gasteiger partial charge is 0.372 e. The highest BCUT2D eigenvalue weighted by Gasteiger charge is 2.17. The van der Waals surface area contributed by atoms with Gasteiger partial charge in [0.15, 0.2) is 0 Å². The first-order valence-electron chi connectivity index (χ1n) is 7.08. The fourth-order valence-electron chi connectivity index (χ4n) is 2.36. The third-order valence-corrected chi connectivity index (χ3v) is 5.25. The normalized spacial score (nSPS) is 16.9. The maximum absolute atomic E-state index is 12.2. The van der Waals surface area contributed by atoms with Crippen LogP contribution in [0.5, 0.6) is 0 Å². The van der Waals surface area contributed by atoms with E-state index in [1.54, 1.807) is 7.05 Å². The zero-order valence-electron chi connectivity index (χ0n) is 12.1. The van der Waals surface area contributed by atoms with Crippen molar-refractivity contribution in [2.24, 2.45) is 0 Å². The molecule has 2 heterocycles. The lowest BCUT2D eigenvalue weighted by Crippen LogP contribution is -2.37. The lowest BCUT2D eigenvalue weighted by Gasteiger charge is -2.26. The van der Waals surface area contributed by atoms with Crippen LogP contribution in [-0.4, -0.2) is 51.5 Å². The molecule has 1 saturated heterocycles. The maximum atomic E-state index is 12.2. The van der Waals surface area contributed by atoms with Crippen LogP contribution in [0.3, 0.4) is 0 Å². The Morgan fingerprint density at radius 2 is 2.05 bits per heavy atom. The van der Waals surface area contributed by atoms with Crippen molar-refractivity contribution in [3.05, 3.63) is 17.3 Å². The molecule has 1 aromatic rings. The SMILES string of the molecule is CNc1ncc(S(=O)(=O)NCCN2CCCCC2)cc1Cl. The molecule has 1 fully saturated rings. The van der Waals surface area contributed by atoms with Crippen LogP contribution in [0.2, 0.25) is 5.02 Å². The van der Waals surface area contributed by atoms with Crippen LogP contribution in [0.15, 0.2) is 17.2 Å². The van der Waals surface area contributed by atoms with Gasteiger partial charge < -0.3 is 10.2 Å². The summed E-state index contributed by atoms with van der Waals surface area (Å²) in [5.74, 6) is 0.462. The van der Waals surface area contributed by atoms with E-state index in [1.165, 1.54) is 31.5 Å². The fraction of sp³-hybridized carbons (Fsp3) is 0.615. The van der Waals surface area contributed by atoms with Crippen LogP contribution in [0.1, 0.15) is 19.3 Å². The third-order valence-electron chi connectivity index (χ3n) is 3.53. The van der Waals surface area contributed by atoms with Gasteiger partial charge in [-0.3, -0.25) is 0 Å². The molecule has 8 heteroatoms. The number of hydrogen-bond donors (Lipinski definition) is 2. The van der Waals surface area contributed by atoms with Crippen molar-refractivity contribution in [1.82, 2.24) is 14.6 Å². The lowest BCUT2D eigenvalue weighted by atomic mass is 10.1. The summed E-state index contributed by atoms with van der Waals surface area (Å²) in [6.45, 7) is 3.22. The molecule has 6 nitrogen and oxygen atoms in total. The van der Waals surface area contributed by atoms with Crippen molar-refractivity contribution in [3.63, 3.8) is 0 Å². The summed E-state index contributed by atoms with van der Waals surface area (Å²) in [5, 5.41) is 3.08. The van der Waals surface area contributed by atoms with E-state index in [-0.39, 0.29) is 9.92 Å². The number of anilines is 1. The minimum atomic E-state index is -3.56. The van der Waals surface area contributed by atoms with Gasteiger partial charge in [0.05, 0.1) is 5.02 Å². The first-order valence-corrected chi connectivity index (χ1v) is 8.94. The molecule has 0 bridgehead atoms. The number of likely N-dealkylation sites (tertiary alicyclic amines) is 1. The highest BCUT2D eigenvalue weighted by Crippen LogP contribution is 2.21. The van der Waals surface area contributed by atoms with Gasteiger partial charge in [-0.15, -0.1) is 0 Å². The predicted molar refractivity (Wildman–Crippen MR) is 84.3 cm³/mol. The molecule has 0 aliphatic carbocycles. The number of halogens is 1. The highest BCUT2D eigenvalue weighted by atomic mass is 35.5. The lowest BCUT2D eigenvalue weighted by molar-refractivity contribution is 0.233. The third kappa shape index (κ3) is 4.54. The Morgan fingerprint density at radius 3 is 2.67 bits per heavy atom. The molecule has 21 heavy (non-hydrogen) atoms.